The van der Waals surface area contributed by atoms with E-state index in [1.807, 2.05) is 0 Å². The zero-order chi connectivity index (χ0) is 13.2. The molecule has 0 bridgehead atoms. The highest BCUT2D eigenvalue weighted by Gasteiger charge is 2.46. The van der Waals surface area contributed by atoms with Gasteiger partial charge >= 0.3 is 6.18 Å². The Labute approximate surface area is 103 Å². The molecule has 1 aliphatic rings. The van der Waals surface area contributed by atoms with Crippen LogP contribution in [-0.4, -0.2) is 36.1 Å². The van der Waals surface area contributed by atoms with Crippen molar-refractivity contribution in [1.29, 1.82) is 0 Å². The molecule has 2 rings (SSSR count). The molecule has 18 heavy (non-hydrogen) atoms. The third-order valence-corrected chi connectivity index (χ3v) is 2.89. The lowest BCUT2D eigenvalue weighted by Crippen LogP contribution is -2.59. The highest BCUT2D eigenvalue weighted by Crippen LogP contribution is 2.27. The van der Waals surface area contributed by atoms with Crippen molar-refractivity contribution in [2.45, 2.75) is 18.8 Å². The molecule has 1 amide bonds. The maximum atomic E-state index is 12.8. The second-order valence-electron chi connectivity index (χ2n) is 4.25. The zero-order valence-corrected chi connectivity index (χ0v) is 9.57. The molecule has 1 heterocycles. The van der Waals surface area contributed by atoms with Gasteiger partial charge in [0.05, 0.1) is 6.54 Å². The van der Waals surface area contributed by atoms with Crippen LogP contribution in [-0.2, 0) is 11.3 Å². The summed E-state index contributed by atoms with van der Waals surface area (Å²) in [6, 6.07) is 7.22. The predicted octanol–water partition coefficient (Wildman–Crippen LogP) is 1.55. The summed E-state index contributed by atoms with van der Waals surface area (Å²) in [7, 11) is 0. The number of carbonyl (C=O) groups is 1. The zero-order valence-electron chi connectivity index (χ0n) is 9.57. The van der Waals surface area contributed by atoms with Crippen LogP contribution in [0.3, 0.4) is 0 Å². The number of benzene rings is 1. The van der Waals surface area contributed by atoms with E-state index >= 15 is 0 Å². The number of amides is 1. The smallest absolute Gasteiger partial charge is 0.353 e. The molecule has 98 valence electrons. The third-order valence-electron chi connectivity index (χ3n) is 2.89. The molecule has 0 aliphatic carbocycles. The molecular formula is C12H13F3N2O. The Kier molecular flexibility index (Phi) is 3.56. The topological polar surface area (TPSA) is 32.3 Å². The molecule has 1 aliphatic heterocycles. The van der Waals surface area contributed by atoms with Crippen molar-refractivity contribution >= 4 is 5.91 Å². The first-order chi connectivity index (χ1) is 8.47. The monoisotopic (exact) mass is 258 g/mol. The van der Waals surface area contributed by atoms with E-state index in [-0.39, 0.29) is 25.5 Å². The van der Waals surface area contributed by atoms with Crippen LogP contribution >= 0.6 is 0 Å². The third kappa shape index (κ3) is 3.01. The number of hydrogen-bond acceptors (Lipinski definition) is 2. The summed E-state index contributed by atoms with van der Waals surface area (Å²) in [5.74, 6) is -0.369. The Morgan fingerprint density at radius 1 is 1.28 bits per heavy atom. The summed E-state index contributed by atoms with van der Waals surface area (Å²) in [5, 5.41) is 2.25. The van der Waals surface area contributed by atoms with Crippen LogP contribution in [0.2, 0.25) is 0 Å². The van der Waals surface area contributed by atoms with Crippen LogP contribution in [0.4, 0.5) is 13.2 Å². The molecule has 1 aromatic rings. The van der Waals surface area contributed by atoms with Crippen molar-refractivity contribution < 1.29 is 18.0 Å². The maximum absolute atomic E-state index is 12.8. The minimum Gasteiger partial charge on any atom is -0.353 e. The number of nitrogens with zero attached hydrogens (tertiary/aromatic N) is 1. The first-order valence-corrected chi connectivity index (χ1v) is 5.58. The Balaban J connectivity index is 2.13. The molecule has 1 saturated heterocycles. The highest BCUT2D eigenvalue weighted by molar-refractivity contribution is 5.78. The van der Waals surface area contributed by atoms with E-state index in [1.165, 1.54) is 0 Å². The molecule has 6 heteroatoms. The minimum atomic E-state index is -4.33. The largest absolute Gasteiger partial charge is 0.405 e. The van der Waals surface area contributed by atoms with Crippen molar-refractivity contribution in [3.63, 3.8) is 0 Å². The standard InChI is InChI=1S/C12H13F3N2O/c13-12(14,15)10-6-16-11(18)8-17(10)7-9-4-2-1-3-5-9/h1-5,10H,6-8H2,(H,16,18). The molecule has 1 unspecified atom stereocenters. The molecule has 3 nitrogen and oxygen atoms in total. The van der Waals surface area contributed by atoms with Crippen LogP contribution < -0.4 is 5.32 Å². The van der Waals surface area contributed by atoms with E-state index < -0.39 is 12.2 Å². The maximum Gasteiger partial charge on any atom is 0.405 e. The van der Waals surface area contributed by atoms with Gasteiger partial charge in [-0.15, -0.1) is 0 Å². The Hall–Kier alpha value is -1.56. The summed E-state index contributed by atoms with van der Waals surface area (Å²) >= 11 is 0. The summed E-state index contributed by atoms with van der Waals surface area (Å²) in [6.07, 6.45) is -4.33. The quantitative estimate of drug-likeness (QED) is 0.873. The van der Waals surface area contributed by atoms with E-state index in [1.54, 1.807) is 30.3 Å². The fraction of sp³-hybridized carbons (Fsp3) is 0.417. The molecule has 0 spiro atoms. The predicted molar refractivity (Wildman–Crippen MR) is 59.7 cm³/mol. The minimum absolute atomic E-state index is 0.123. The van der Waals surface area contributed by atoms with Gasteiger partial charge < -0.3 is 5.32 Å². The van der Waals surface area contributed by atoms with Crippen molar-refractivity contribution in [1.82, 2.24) is 10.2 Å². The van der Waals surface area contributed by atoms with E-state index in [0.29, 0.717) is 0 Å². The van der Waals surface area contributed by atoms with Gasteiger partial charge in [0.2, 0.25) is 5.91 Å². The number of halogens is 3. The Morgan fingerprint density at radius 3 is 2.56 bits per heavy atom. The number of rotatable bonds is 2. The van der Waals surface area contributed by atoms with Gasteiger partial charge in [-0.05, 0) is 5.56 Å². The van der Waals surface area contributed by atoms with Crippen molar-refractivity contribution in [2.24, 2.45) is 0 Å². The second kappa shape index (κ2) is 4.97. The molecular weight excluding hydrogens is 245 g/mol. The van der Waals surface area contributed by atoms with Gasteiger partial charge in [0.15, 0.2) is 0 Å². The summed E-state index contributed by atoms with van der Waals surface area (Å²) in [6.45, 7) is -0.479. The number of carbonyl (C=O) groups excluding carboxylic acids is 1. The summed E-state index contributed by atoms with van der Waals surface area (Å²) in [4.78, 5) is 12.4. The molecule has 1 fully saturated rings. The van der Waals surface area contributed by atoms with Gasteiger partial charge in [0.25, 0.3) is 0 Å². The second-order valence-corrected chi connectivity index (χ2v) is 4.25. The molecule has 1 N–H and O–H groups in total. The number of alkyl halides is 3. The number of hydrogen-bond donors (Lipinski definition) is 1. The van der Waals surface area contributed by atoms with Gasteiger partial charge in [-0.2, -0.15) is 13.2 Å². The molecule has 0 aromatic heterocycles. The van der Waals surface area contributed by atoms with E-state index in [4.69, 9.17) is 0 Å². The average molecular weight is 258 g/mol. The van der Waals surface area contributed by atoms with Gasteiger partial charge in [-0.3, -0.25) is 9.69 Å². The van der Waals surface area contributed by atoms with Crippen molar-refractivity contribution in [2.75, 3.05) is 13.1 Å². The van der Waals surface area contributed by atoms with Crippen LogP contribution in [0.25, 0.3) is 0 Å². The molecule has 1 aromatic carbocycles. The lowest BCUT2D eigenvalue weighted by molar-refractivity contribution is -0.190. The van der Waals surface area contributed by atoms with Crippen LogP contribution in [0.1, 0.15) is 5.56 Å². The number of nitrogens with one attached hydrogen (secondary N) is 1. The van der Waals surface area contributed by atoms with E-state index in [0.717, 1.165) is 10.5 Å². The molecule has 0 radical (unpaired) electrons. The van der Waals surface area contributed by atoms with E-state index in [2.05, 4.69) is 5.32 Å². The SMILES string of the molecule is O=C1CN(Cc2ccccc2)C(C(F)(F)F)CN1. The van der Waals surface area contributed by atoms with E-state index in [9.17, 15) is 18.0 Å². The van der Waals surface area contributed by atoms with Gasteiger partial charge in [0.1, 0.15) is 6.04 Å². The highest BCUT2D eigenvalue weighted by atomic mass is 19.4. The Morgan fingerprint density at radius 2 is 1.94 bits per heavy atom. The van der Waals surface area contributed by atoms with Crippen LogP contribution in [0, 0.1) is 0 Å². The summed E-state index contributed by atoms with van der Waals surface area (Å²) < 4.78 is 38.5. The fourth-order valence-corrected chi connectivity index (χ4v) is 2.00. The van der Waals surface area contributed by atoms with Crippen LogP contribution in [0.5, 0.6) is 0 Å². The first kappa shape index (κ1) is 12.9. The first-order valence-electron chi connectivity index (χ1n) is 5.58. The summed E-state index contributed by atoms with van der Waals surface area (Å²) in [5.41, 5.74) is 0.765. The molecule has 1 atom stereocenters. The molecule has 0 saturated carbocycles. The van der Waals surface area contributed by atoms with Gasteiger partial charge in [0, 0.05) is 13.1 Å². The van der Waals surface area contributed by atoms with Crippen molar-refractivity contribution in [3.8, 4) is 0 Å². The fourth-order valence-electron chi connectivity index (χ4n) is 2.00. The average Bonchev–Trinajstić information content (AvgIpc) is 2.28. The Bertz CT molecular complexity index is 419. The lowest BCUT2D eigenvalue weighted by atomic mass is 10.1. The lowest BCUT2D eigenvalue weighted by Gasteiger charge is -2.36. The van der Waals surface area contributed by atoms with Gasteiger partial charge in [-0.1, -0.05) is 30.3 Å². The van der Waals surface area contributed by atoms with Crippen molar-refractivity contribution in [3.05, 3.63) is 35.9 Å². The normalized spacial score (nSPS) is 21.7. The number of piperazine rings is 1. The van der Waals surface area contributed by atoms with Gasteiger partial charge in [-0.25, -0.2) is 0 Å². The van der Waals surface area contributed by atoms with Crippen LogP contribution in [0.15, 0.2) is 30.3 Å².